The number of aromatic nitrogens is 2. The number of halogens is 1. The van der Waals surface area contributed by atoms with Crippen LogP contribution in [0.1, 0.15) is 30.5 Å². The fraction of sp³-hybridized carbons (Fsp3) is 0.364. The second kappa shape index (κ2) is 6.82. The van der Waals surface area contributed by atoms with Gasteiger partial charge < -0.3 is 9.47 Å². The molecule has 3 heterocycles. The molecule has 0 bridgehead atoms. The van der Waals surface area contributed by atoms with Crippen LogP contribution < -0.4 is 4.90 Å². The first-order valence-corrected chi connectivity index (χ1v) is 12.4. The van der Waals surface area contributed by atoms with E-state index >= 15 is 0 Å². The van der Waals surface area contributed by atoms with Crippen LogP contribution in [0, 0.1) is 0 Å². The van der Waals surface area contributed by atoms with Gasteiger partial charge in [0.1, 0.15) is 9.84 Å². The zero-order valence-corrected chi connectivity index (χ0v) is 18.2. The molecule has 5 rings (SSSR count). The Kier molecular flexibility index (Phi) is 4.45. The summed E-state index contributed by atoms with van der Waals surface area (Å²) in [6, 6.07) is 9.69. The van der Waals surface area contributed by atoms with Gasteiger partial charge in [0.2, 0.25) is 5.91 Å². The smallest absolute Gasteiger partial charge is 0.238 e. The summed E-state index contributed by atoms with van der Waals surface area (Å²) in [5.74, 6) is 0.259. The Morgan fingerprint density at radius 1 is 1.20 bits per heavy atom. The fourth-order valence-electron chi connectivity index (χ4n) is 4.59. The van der Waals surface area contributed by atoms with Gasteiger partial charge in [-0.05, 0) is 55.2 Å². The van der Waals surface area contributed by atoms with E-state index in [0.29, 0.717) is 24.5 Å². The van der Waals surface area contributed by atoms with Crippen molar-refractivity contribution in [2.24, 2.45) is 0 Å². The Morgan fingerprint density at radius 3 is 2.73 bits per heavy atom. The van der Waals surface area contributed by atoms with Crippen molar-refractivity contribution in [1.82, 2.24) is 9.55 Å². The molecule has 0 N–H and O–H groups in total. The third-order valence-electron chi connectivity index (χ3n) is 6.18. The minimum atomic E-state index is -3.04. The van der Waals surface area contributed by atoms with Crippen molar-refractivity contribution >= 4 is 43.9 Å². The average molecular weight is 444 g/mol. The molecule has 156 valence electrons. The van der Waals surface area contributed by atoms with Crippen molar-refractivity contribution in [1.29, 1.82) is 0 Å². The number of sulfone groups is 1. The number of carbonyl (C=O) groups excluding carboxylic acids is 1. The van der Waals surface area contributed by atoms with Crippen LogP contribution in [0.15, 0.2) is 42.7 Å². The second-order valence-corrected chi connectivity index (χ2v) is 11.0. The van der Waals surface area contributed by atoms with Crippen molar-refractivity contribution in [2.75, 3.05) is 16.9 Å². The molecule has 0 atom stereocenters. The summed E-state index contributed by atoms with van der Waals surface area (Å²) in [5.41, 5.74) is 3.54. The number of hydrogen-bond donors (Lipinski definition) is 0. The zero-order chi connectivity index (χ0) is 21.1. The third-order valence-corrected chi connectivity index (χ3v) is 7.44. The molecule has 8 heteroatoms. The summed E-state index contributed by atoms with van der Waals surface area (Å²) in [6.45, 7) is 0.977. The highest BCUT2D eigenvalue weighted by Crippen LogP contribution is 2.57. The lowest BCUT2D eigenvalue weighted by Crippen LogP contribution is -2.32. The molecule has 1 aliphatic heterocycles. The Morgan fingerprint density at radius 2 is 2.00 bits per heavy atom. The molecule has 1 aromatic carbocycles. The lowest BCUT2D eigenvalue weighted by molar-refractivity contribution is -0.120. The predicted molar refractivity (Wildman–Crippen MR) is 118 cm³/mol. The van der Waals surface area contributed by atoms with Crippen LogP contribution in [0.4, 0.5) is 5.69 Å². The van der Waals surface area contributed by atoms with E-state index in [1.54, 1.807) is 12.4 Å². The largest absolute Gasteiger partial charge is 0.343 e. The number of hydrogen-bond acceptors (Lipinski definition) is 4. The van der Waals surface area contributed by atoms with E-state index in [1.807, 2.05) is 35.2 Å². The Balaban J connectivity index is 1.52. The van der Waals surface area contributed by atoms with Gasteiger partial charge in [-0.3, -0.25) is 9.78 Å². The molecule has 1 amide bonds. The molecule has 2 aliphatic rings. The maximum Gasteiger partial charge on any atom is 0.238 e. The Hall–Kier alpha value is -2.38. The van der Waals surface area contributed by atoms with Crippen LogP contribution in [-0.4, -0.2) is 35.9 Å². The summed E-state index contributed by atoms with van der Waals surface area (Å²) >= 11 is 6.19. The molecule has 1 aliphatic carbocycles. The van der Waals surface area contributed by atoms with E-state index in [2.05, 4.69) is 9.55 Å². The van der Waals surface area contributed by atoms with Gasteiger partial charge in [-0.15, -0.1) is 0 Å². The van der Waals surface area contributed by atoms with Crippen molar-refractivity contribution in [3.05, 3.63) is 59.0 Å². The summed E-state index contributed by atoms with van der Waals surface area (Å²) in [4.78, 5) is 19.3. The summed E-state index contributed by atoms with van der Waals surface area (Å²) in [5, 5.41) is 1.63. The first kappa shape index (κ1) is 19.6. The summed E-state index contributed by atoms with van der Waals surface area (Å²) < 4.78 is 25.3. The monoisotopic (exact) mass is 443 g/mol. The minimum Gasteiger partial charge on any atom is -0.343 e. The lowest BCUT2D eigenvalue weighted by Gasteiger charge is -2.19. The number of aryl methyl sites for hydroxylation is 1. The fourth-order valence-corrected chi connectivity index (χ4v) is 5.43. The van der Waals surface area contributed by atoms with Gasteiger partial charge >= 0.3 is 0 Å². The van der Waals surface area contributed by atoms with Gasteiger partial charge in [0.25, 0.3) is 0 Å². The number of benzene rings is 1. The predicted octanol–water partition coefficient (Wildman–Crippen LogP) is 3.70. The molecule has 0 unspecified atom stereocenters. The van der Waals surface area contributed by atoms with Crippen molar-refractivity contribution in [3.63, 3.8) is 0 Å². The number of carbonyl (C=O) groups is 1. The van der Waals surface area contributed by atoms with Crippen LogP contribution >= 0.6 is 11.6 Å². The topological polar surface area (TPSA) is 72.3 Å². The highest BCUT2D eigenvalue weighted by molar-refractivity contribution is 7.90. The minimum absolute atomic E-state index is 0.123. The molecular weight excluding hydrogens is 422 g/mol. The number of fused-ring (bicyclic) bond motifs is 3. The maximum absolute atomic E-state index is 13.3. The number of pyridine rings is 1. The third kappa shape index (κ3) is 3.20. The van der Waals surface area contributed by atoms with Crippen LogP contribution in [0.5, 0.6) is 0 Å². The Labute approximate surface area is 180 Å². The van der Waals surface area contributed by atoms with Gasteiger partial charge in [-0.2, -0.15) is 0 Å². The zero-order valence-electron chi connectivity index (χ0n) is 16.6. The molecule has 6 nitrogen and oxygen atoms in total. The van der Waals surface area contributed by atoms with Crippen LogP contribution in [-0.2, 0) is 33.1 Å². The van der Waals surface area contributed by atoms with Crippen LogP contribution in [0.3, 0.4) is 0 Å². The lowest BCUT2D eigenvalue weighted by atomic mass is 9.99. The van der Waals surface area contributed by atoms with Crippen molar-refractivity contribution in [2.45, 2.75) is 37.8 Å². The number of rotatable bonds is 6. The summed E-state index contributed by atoms with van der Waals surface area (Å²) in [7, 11) is -3.04. The number of nitrogens with zero attached hydrogens (tertiary/aromatic N) is 3. The van der Waals surface area contributed by atoms with Gasteiger partial charge in [0.05, 0.1) is 29.6 Å². The molecule has 3 aromatic rings. The van der Waals surface area contributed by atoms with E-state index in [4.69, 9.17) is 11.6 Å². The first-order valence-electron chi connectivity index (χ1n) is 10.0. The normalized spacial score (nSPS) is 17.1. The van der Waals surface area contributed by atoms with Crippen LogP contribution in [0.2, 0.25) is 5.02 Å². The maximum atomic E-state index is 13.3. The molecular formula is C22H22ClN3O3S. The molecule has 0 saturated heterocycles. The molecule has 1 spiro atoms. The number of amides is 1. The highest BCUT2D eigenvalue weighted by Gasteiger charge is 2.59. The van der Waals surface area contributed by atoms with Crippen molar-refractivity contribution in [3.8, 4) is 0 Å². The van der Waals surface area contributed by atoms with Crippen LogP contribution in [0.25, 0.3) is 10.9 Å². The van der Waals surface area contributed by atoms with E-state index in [9.17, 15) is 13.2 Å². The van der Waals surface area contributed by atoms with E-state index in [-0.39, 0.29) is 17.1 Å². The molecule has 30 heavy (non-hydrogen) atoms. The van der Waals surface area contributed by atoms with Gasteiger partial charge in [-0.25, -0.2) is 8.42 Å². The summed E-state index contributed by atoms with van der Waals surface area (Å²) in [6.07, 6.45) is 7.05. The van der Waals surface area contributed by atoms with Crippen molar-refractivity contribution < 1.29 is 13.2 Å². The van der Waals surface area contributed by atoms with Gasteiger partial charge in [0.15, 0.2) is 0 Å². The molecule has 2 aromatic heterocycles. The Bertz CT molecular complexity index is 1280. The SMILES string of the molecule is CS(=O)(=O)CCCn1c(CN2C(=O)C3(CC3)c3ccncc32)cc2cc(Cl)ccc21. The number of anilines is 1. The van der Waals surface area contributed by atoms with Gasteiger partial charge in [0, 0.05) is 40.6 Å². The standard InChI is InChI=1S/C22H22ClN3O3S/c1-30(28,29)10-2-9-25-17(12-15-11-16(23)3-4-19(15)25)14-26-20-13-24-8-5-18(20)22(6-7-22)21(26)27/h3-5,8,11-13H,2,6-7,9-10,14H2,1H3. The average Bonchev–Trinajstić information content (AvgIpc) is 3.38. The van der Waals surface area contributed by atoms with E-state index in [0.717, 1.165) is 40.7 Å². The van der Waals surface area contributed by atoms with E-state index in [1.165, 1.54) is 6.26 Å². The molecule has 1 fully saturated rings. The quantitative estimate of drug-likeness (QED) is 0.582. The second-order valence-electron chi connectivity index (χ2n) is 8.34. The molecule has 0 radical (unpaired) electrons. The van der Waals surface area contributed by atoms with Gasteiger partial charge in [-0.1, -0.05) is 11.6 Å². The first-order chi connectivity index (χ1) is 14.3. The van der Waals surface area contributed by atoms with E-state index < -0.39 is 9.84 Å². The highest BCUT2D eigenvalue weighted by atomic mass is 35.5. The molecule has 1 saturated carbocycles.